The number of carboxylic acid groups (broad SMARTS) is 2. The van der Waals surface area contributed by atoms with Crippen molar-refractivity contribution >= 4 is 75.1 Å². The number of carbonyl (C=O) groups excluding carboxylic acids is 2. The second kappa shape index (κ2) is 8.56. The van der Waals surface area contributed by atoms with Crippen LogP contribution < -0.4 is 4.90 Å². The topological polar surface area (TPSA) is 115 Å². The third-order valence-corrected chi connectivity index (χ3v) is 6.48. The first-order valence-electron chi connectivity index (χ1n) is 8.42. The number of para-hydroxylation sites is 1. The van der Waals surface area contributed by atoms with Gasteiger partial charge in [-0.25, -0.2) is 4.79 Å². The van der Waals surface area contributed by atoms with Crippen LogP contribution in [0.5, 0.6) is 0 Å². The van der Waals surface area contributed by atoms with E-state index in [4.69, 9.17) is 17.3 Å². The van der Waals surface area contributed by atoms with Crippen LogP contribution in [0.2, 0.25) is 0 Å². The van der Waals surface area contributed by atoms with Crippen LogP contribution in [0, 0.1) is 0 Å². The average Bonchev–Trinajstić information content (AvgIpc) is 3.09. The van der Waals surface area contributed by atoms with Crippen molar-refractivity contribution in [2.45, 2.75) is 12.5 Å². The molecular weight excluding hydrogens is 436 g/mol. The molecule has 0 bridgehead atoms. The van der Waals surface area contributed by atoms with Gasteiger partial charge in [-0.2, -0.15) is 11.8 Å². The van der Waals surface area contributed by atoms with E-state index in [1.54, 1.807) is 24.3 Å². The monoisotopic (exact) mass is 452 g/mol. The van der Waals surface area contributed by atoms with Crippen LogP contribution in [-0.4, -0.2) is 67.8 Å². The number of amides is 2. The fourth-order valence-corrected chi connectivity index (χ4v) is 5.07. The van der Waals surface area contributed by atoms with Crippen molar-refractivity contribution in [1.29, 1.82) is 0 Å². The molecule has 1 fully saturated rings. The number of carbonyl (C=O) groups is 4. The summed E-state index contributed by atoms with van der Waals surface area (Å²) in [4.78, 5) is 51.1. The van der Waals surface area contributed by atoms with Crippen LogP contribution in [0.25, 0.3) is 5.57 Å². The van der Waals surface area contributed by atoms with E-state index in [2.05, 4.69) is 0 Å². The number of hydrogen-bond acceptors (Lipinski definition) is 7. The summed E-state index contributed by atoms with van der Waals surface area (Å²) in [6, 6.07) is 5.44. The molecule has 0 aliphatic carbocycles. The van der Waals surface area contributed by atoms with E-state index in [0.29, 0.717) is 17.0 Å². The lowest BCUT2D eigenvalue weighted by Gasteiger charge is -2.22. The van der Waals surface area contributed by atoms with E-state index < -0.39 is 36.3 Å². The number of benzene rings is 1. The number of nitrogens with zero attached hydrogens (tertiary/aromatic N) is 2. The van der Waals surface area contributed by atoms with Gasteiger partial charge in [-0.15, -0.1) is 0 Å². The van der Waals surface area contributed by atoms with Gasteiger partial charge >= 0.3 is 11.9 Å². The molecule has 1 saturated heterocycles. The quantitative estimate of drug-likeness (QED) is 0.473. The molecule has 2 aliphatic rings. The molecule has 0 radical (unpaired) electrons. The van der Waals surface area contributed by atoms with Crippen molar-refractivity contribution in [1.82, 2.24) is 4.90 Å². The summed E-state index contributed by atoms with van der Waals surface area (Å²) in [5, 5.41) is 18.7. The molecule has 2 amide bonds. The van der Waals surface area contributed by atoms with Gasteiger partial charge in [-0.3, -0.25) is 24.2 Å². The fraction of sp³-hybridized carbons (Fsp3) is 0.278. The maximum absolute atomic E-state index is 13.1. The normalized spacial score (nSPS) is 19.7. The molecule has 2 aliphatic heterocycles. The minimum absolute atomic E-state index is 0.0238. The Labute approximate surface area is 179 Å². The van der Waals surface area contributed by atoms with E-state index in [-0.39, 0.29) is 21.2 Å². The van der Waals surface area contributed by atoms with Crippen molar-refractivity contribution in [3.05, 3.63) is 34.7 Å². The first-order valence-corrected chi connectivity index (χ1v) is 11.0. The second-order valence-electron chi connectivity index (χ2n) is 6.18. The number of thioether (sulfide) groups is 2. The van der Waals surface area contributed by atoms with Crippen LogP contribution in [0.4, 0.5) is 5.69 Å². The summed E-state index contributed by atoms with van der Waals surface area (Å²) in [6.45, 7) is -0.550. The predicted molar refractivity (Wildman–Crippen MR) is 115 cm³/mol. The number of rotatable bonds is 7. The molecule has 1 atom stereocenters. The first-order chi connectivity index (χ1) is 13.8. The number of anilines is 1. The minimum atomic E-state index is -1.19. The van der Waals surface area contributed by atoms with Crippen LogP contribution in [0.3, 0.4) is 0 Å². The predicted octanol–water partition coefficient (Wildman–Crippen LogP) is 1.90. The number of hydrogen-bond donors (Lipinski definition) is 2. The molecule has 3 rings (SSSR count). The van der Waals surface area contributed by atoms with E-state index in [9.17, 15) is 24.3 Å². The Bertz CT molecular complexity index is 961. The van der Waals surface area contributed by atoms with Crippen LogP contribution >= 0.6 is 35.7 Å². The Morgan fingerprint density at radius 1 is 1.21 bits per heavy atom. The molecule has 29 heavy (non-hydrogen) atoms. The zero-order chi connectivity index (χ0) is 21.3. The summed E-state index contributed by atoms with van der Waals surface area (Å²) >= 11 is 7.58. The molecule has 0 aromatic heterocycles. The summed E-state index contributed by atoms with van der Waals surface area (Å²) in [6.07, 6.45) is 2.04. The second-order valence-corrected chi connectivity index (χ2v) is 8.81. The fourth-order valence-electron chi connectivity index (χ4n) is 3.18. The van der Waals surface area contributed by atoms with Gasteiger partial charge in [0, 0.05) is 5.56 Å². The highest BCUT2D eigenvalue weighted by Gasteiger charge is 2.45. The number of aliphatic carboxylic acids is 2. The van der Waals surface area contributed by atoms with Crippen LogP contribution in [0.1, 0.15) is 12.0 Å². The number of carboxylic acids is 2. The highest BCUT2D eigenvalue weighted by Crippen LogP contribution is 2.45. The summed E-state index contributed by atoms with van der Waals surface area (Å²) in [7, 11) is 0. The molecule has 11 heteroatoms. The largest absolute Gasteiger partial charge is 0.480 e. The lowest BCUT2D eigenvalue weighted by atomic mass is 10.1. The van der Waals surface area contributed by atoms with Gasteiger partial charge in [0.1, 0.15) is 16.9 Å². The van der Waals surface area contributed by atoms with Gasteiger partial charge in [0.15, 0.2) is 0 Å². The van der Waals surface area contributed by atoms with Crippen molar-refractivity contribution in [2.24, 2.45) is 0 Å². The summed E-state index contributed by atoms with van der Waals surface area (Å²) < 4.78 is 0.0629. The van der Waals surface area contributed by atoms with Crippen molar-refractivity contribution in [2.75, 3.05) is 23.5 Å². The van der Waals surface area contributed by atoms with Crippen molar-refractivity contribution < 1.29 is 29.4 Å². The Balaban J connectivity index is 2.06. The zero-order valence-corrected chi connectivity index (χ0v) is 17.6. The molecule has 2 N–H and O–H groups in total. The van der Waals surface area contributed by atoms with Gasteiger partial charge in [0.2, 0.25) is 0 Å². The molecule has 0 saturated carbocycles. The molecule has 8 nitrogen and oxygen atoms in total. The summed E-state index contributed by atoms with van der Waals surface area (Å²) in [5.41, 5.74) is 0.864. The van der Waals surface area contributed by atoms with E-state index >= 15 is 0 Å². The Kier molecular flexibility index (Phi) is 6.30. The average molecular weight is 453 g/mol. The van der Waals surface area contributed by atoms with Crippen molar-refractivity contribution in [3.63, 3.8) is 0 Å². The van der Waals surface area contributed by atoms with E-state index in [1.165, 1.54) is 11.8 Å². The first kappa shape index (κ1) is 21.3. The van der Waals surface area contributed by atoms with Gasteiger partial charge in [0.05, 0.1) is 16.2 Å². The van der Waals surface area contributed by atoms with Gasteiger partial charge in [0.25, 0.3) is 11.8 Å². The highest BCUT2D eigenvalue weighted by atomic mass is 32.2. The number of thiocarbonyl (C=S) groups is 1. The molecule has 1 aromatic carbocycles. The standard InChI is InChI=1S/C18H16N2O6S3/c1-28-7-6-11(17(25)26)20-16(24)14(29-18(20)27)13-9-4-2-3-5-10(9)19(15(13)23)8-12(21)22/h2-5,11H,6-8H2,1H3,(H,21,22)(H,25,26)/b14-13-. The minimum Gasteiger partial charge on any atom is -0.480 e. The molecule has 0 spiro atoms. The third-order valence-electron chi connectivity index (χ3n) is 4.43. The number of fused-ring (bicyclic) bond motifs is 1. The molecular formula is C18H16N2O6S3. The Morgan fingerprint density at radius 2 is 1.90 bits per heavy atom. The molecule has 2 heterocycles. The van der Waals surface area contributed by atoms with Gasteiger partial charge in [-0.1, -0.05) is 42.2 Å². The lowest BCUT2D eigenvalue weighted by Crippen LogP contribution is -2.44. The maximum Gasteiger partial charge on any atom is 0.326 e. The third kappa shape index (κ3) is 3.89. The Hall–Kier alpha value is -2.37. The Morgan fingerprint density at radius 3 is 2.52 bits per heavy atom. The molecule has 1 unspecified atom stereocenters. The maximum atomic E-state index is 13.1. The lowest BCUT2D eigenvalue weighted by molar-refractivity contribution is -0.145. The van der Waals surface area contributed by atoms with E-state index in [0.717, 1.165) is 21.6 Å². The summed E-state index contributed by atoms with van der Waals surface area (Å²) in [5.74, 6) is -3.11. The van der Waals surface area contributed by atoms with Crippen LogP contribution in [0.15, 0.2) is 29.2 Å². The van der Waals surface area contributed by atoms with Gasteiger partial charge < -0.3 is 10.2 Å². The van der Waals surface area contributed by atoms with Crippen molar-refractivity contribution in [3.8, 4) is 0 Å². The zero-order valence-electron chi connectivity index (χ0n) is 15.2. The molecule has 152 valence electrons. The SMILES string of the molecule is CSCCC(C(=O)O)N1C(=O)/C(=C2/C(=O)N(CC(=O)O)c3ccccc32)SC1=S. The van der Waals surface area contributed by atoms with Crippen LogP contribution in [-0.2, 0) is 19.2 Å². The smallest absolute Gasteiger partial charge is 0.326 e. The molecule has 1 aromatic rings. The highest BCUT2D eigenvalue weighted by molar-refractivity contribution is 8.26. The van der Waals surface area contributed by atoms with E-state index in [1.807, 2.05) is 6.26 Å². The van der Waals surface area contributed by atoms with Gasteiger partial charge in [-0.05, 0) is 24.5 Å².